The topological polar surface area (TPSA) is 81.5 Å². The van der Waals surface area contributed by atoms with Gasteiger partial charge in [-0.3, -0.25) is 10.1 Å². The molecule has 0 aliphatic carbocycles. The van der Waals surface area contributed by atoms with E-state index in [1.54, 1.807) is 23.5 Å². The molecule has 30 heavy (non-hydrogen) atoms. The van der Waals surface area contributed by atoms with E-state index < -0.39 is 10.9 Å². The molecule has 1 aromatic carbocycles. The number of unbranched alkanes of at least 4 members (excludes halogenated alkanes) is 1. The fourth-order valence-corrected chi connectivity index (χ4v) is 5.56. The standard InChI is InChI=1S/C23H28N2O4S/c1-5-7-12-17-18(9-6-2)30-22-21(17)20(19(14(3)24-22)23(26)29-4)15-10-8-11-16(13-15)25(27)28/h8,10-11,13,20,24H,5-7,9,12H2,1-4H3. The maximum Gasteiger partial charge on any atom is 0.336 e. The van der Waals surface area contributed by atoms with Gasteiger partial charge in [0.2, 0.25) is 0 Å². The lowest BCUT2D eigenvalue weighted by molar-refractivity contribution is -0.384. The van der Waals surface area contributed by atoms with E-state index in [1.807, 2.05) is 13.0 Å². The highest BCUT2D eigenvalue weighted by atomic mass is 32.1. The van der Waals surface area contributed by atoms with Gasteiger partial charge in [-0.1, -0.05) is 38.8 Å². The Kier molecular flexibility index (Phi) is 6.92. The van der Waals surface area contributed by atoms with Gasteiger partial charge in [0, 0.05) is 34.2 Å². The van der Waals surface area contributed by atoms with Gasteiger partial charge in [-0.05, 0) is 37.3 Å². The van der Waals surface area contributed by atoms with Gasteiger partial charge in [0.15, 0.2) is 0 Å². The van der Waals surface area contributed by atoms with Crippen molar-refractivity contribution in [2.24, 2.45) is 0 Å². The Bertz CT molecular complexity index is 993. The predicted molar refractivity (Wildman–Crippen MR) is 120 cm³/mol. The molecule has 0 spiro atoms. The molecule has 3 rings (SSSR count). The molecule has 1 aromatic heterocycles. The fraction of sp³-hybridized carbons (Fsp3) is 0.435. The van der Waals surface area contributed by atoms with Crippen LogP contribution >= 0.6 is 11.3 Å². The van der Waals surface area contributed by atoms with Crippen molar-refractivity contribution in [1.82, 2.24) is 0 Å². The molecule has 2 aromatic rings. The van der Waals surface area contributed by atoms with E-state index in [2.05, 4.69) is 19.2 Å². The number of nitrogens with one attached hydrogen (secondary N) is 1. The Labute approximate surface area is 181 Å². The Morgan fingerprint density at radius 3 is 2.67 bits per heavy atom. The first-order valence-electron chi connectivity index (χ1n) is 10.4. The quantitative estimate of drug-likeness (QED) is 0.319. The van der Waals surface area contributed by atoms with Crippen LogP contribution in [0.25, 0.3) is 0 Å². The lowest BCUT2D eigenvalue weighted by atomic mass is 9.79. The number of thiophene rings is 1. The van der Waals surface area contributed by atoms with E-state index in [-0.39, 0.29) is 11.6 Å². The van der Waals surface area contributed by atoms with Crippen molar-refractivity contribution in [3.05, 3.63) is 67.2 Å². The highest BCUT2D eigenvalue weighted by Gasteiger charge is 2.37. The zero-order valence-corrected chi connectivity index (χ0v) is 18.7. The Balaban J connectivity index is 2.26. The molecule has 1 atom stereocenters. The number of anilines is 1. The molecule has 0 radical (unpaired) electrons. The van der Waals surface area contributed by atoms with Crippen molar-refractivity contribution in [1.29, 1.82) is 0 Å². The maximum absolute atomic E-state index is 12.8. The number of allylic oxidation sites excluding steroid dienone is 1. The second kappa shape index (κ2) is 9.43. The summed E-state index contributed by atoms with van der Waals surface area (Å²) in [6.07, 6.45) is 5.07. The summed E-state index contributed by atoms with van der Waals surface area (Å²) in [6.45, 7) is 6.19. The summed E-state index contributed by atoms with van der Waals surface area (Å²) in [5, 5.41) is 15.9. The molecule has 1 unspecified atom stereocenters. The minimum Gasteiger partial charge on any atom is -0.466 e. The van der Waals surface area contributed by atoms with Gasteiger partial charge in [-0.25, -0.2) is 4.79 Å². The van der Waals surface area contributed by atoms with Crippen molar-refractivity contribution in [2.45, 2.75) is 58.8 Å². The molecule has 1 N–H and O–H groups in total. The lowest BCUT2D eigenvalue weighted by Crippen LogP contribution is -2.23. The van der Waals surface area contributed by atoms with Gasteiger partial charge in [0.05, 0.1) is 22.6 Å². The monoisotopic (exact) mass is 428 g/mol. The molecule has 0 saturated heterocycles. The van der Waals surface area contributed by atoms with Crippen LogP contribution in [0.1, 0.15) is 67.5 Å². The van der Waals surface area contributed by atoms with Crippen LogP contribution in [0.4, 0.5) is 10.7 Å². The summed E-state index contributed by atoms with van der Waals surface area (Å²) in [6, 6.07) is 6.61. The first-order chi connectivity index (χ1) is 14.4. The van der Waals surface area contributed by atoms with Crippen molar-refractivity contribution >= 4 is 28.0 Å². The number of non-ortho nitro benzene ring substituents is 1. The number of nitrogens with zero attached hydrogens (tertiary/aromatic N) is 1. The molecular weight excluding hydrogens is 400 g/mol. The Hall–Kier alpha value is -2.67. The SMILES string of the molecule is CCCCc1c(CCC)sc2c1C(c1cccc([N+](=O)[O-])c1)C(C(=O)OC)=C(C)N2. The molecule has 0 bridgehead atoms. The van der Waals surface area contributed by atoms with Crippen LogP contribution in [0.3, 0.4) is 0 Å². The number of carbonyl (C=O) groups is 1. The molecule has 6 nitrogen and oxygen atoms in total. The number of fused-ring (bicyclic) bond motifs is 1. The van der Waals surface area contributed by atoms with E-state index in [4.69, 9.17) is 4.74 Å². The van der Waals surface area contributed by atoms with Gasteiger partial charge in [0.25, 0.3) is 5.69 Å². The van der Waals surface area contributed by atoms with Crippen molar-refractivity contribution in [3.8, 4) is 0 Å². The van der Waals surface area contributed by atoms with Crippen LogP contribution < -0.4 is 5.32 Å². The second-order valence-electron chi connectivity index (χ2n) is 7.54. The summed E-state index contributed by atoms with van der Waals surface area (Å²) in [7, 11) is 1.37. The van der Waals surface area contributed by atoms with Crippen LogP contribution in [0.5, 0.6) is 0 Å². The van der Waals surface area contributed by atoms with E-state index in [0.29, 0.717) is 5.57 Å². The normalized spacial score (nSPS) is 15.5. The maximum atomic E-state index is 12.8. The molecule has 1 aliphatic rings. The fourth-order valence-electron chi connectivity index (χ4n) is 4.11. The number of hydrogen-bond donors (Lipinski definition) is 1. The Morgan fingerprint density at radius 2 is 2.03 bits per heavy atom. The number of nitro groups is 1. The third-order valence-electron chi connectivity index (χ3n) is 5.49. The molecule has 1 aliphatic heterocycles. The minimum atomic E-state index is -0.410. The van der Waals surface area contributed by atoms with E-state index in [9.17, 15) is 14.9 Å². The number of rotatable bonds is 8. The van der Waals surface area contributed by atoms with E-state index >= 15 is 0 Å². The molecule has 0 saturated carbocycles. The summed E-state index contributed by atoms with van der Waals surface area (Å²) in [4.78, 5) is 25.1. The van der Waals surface area contributed by atoms with Crippen molar-refractivity contribution < 1.29 is 14.5 Å². The third kappa shape index (κ3) is 4.12. The van der Waals surface area contributed by atoms with Gasteiger partial charge in [-0.15, -0.1) is 11.3 Å². The Morgan fingerprint density at radius 1 is 1.27 bits per heavy atom. The van der Waals surface area contributed by atoms with Gasteiger partial charge >= 0.3 is 5.97 Å². The minimum absolute atomic E-state index is 0.0218. The summed E-state index contributed by atoms with van der Waals surface area (Å²) in [5.41, 5.74) is 4.36. The lowest BCUT2D eigenvalue weighted by Gasteiger charge is -2.29. The number of esters is 1. The third-order valence-corrected chi connectivity index (χ3v) is 6.71. The first-order valence-corrected chi connectivity index (χ1v) is 11.2. The number of carbonyl (C=O) groups excluding carboxylic acids is 1. The van der Waals surface area contributed by atoms with Crippen LogP contribution in [-0.2, 0) is 22.4 Å². The smallest absolute Gasteiger partial charge is 0.336 e. The van der Waals surface area contributed by atoms with Gasteiger partial charge in [-0.2, -0.15) is 0 Å². The average Bonchev–Trinajstić information content (AvgIpc) is 3.07. The summed E-state index contributed by atoms with van der Waals surface area (Å²) in [5.74, 6) is -0.797. The molecule has 2 heterocycles. The van der Waals surface area contributed by atoms with Crippen molar-refractivity contribution in [3.63, 3.8) is 0 Å². The highest BCUT2D eigenvalue weighted by molar-refractivity contribution is 7.16. The highest BCUT2D eigenvalue weighted by Crippen LogP contribution is 2.49. The number of aryl methyl sites for hydroxylation is 1. The number of methoxy groups -OCH3 is 1. The van der Waals surface area contributed by atoms with Crippen LogP contribution in [0, 0.1) is 10.1 Å². The average molecular weight is 429 g/mol. The molecule has 7 heteroatoms. The summed E-state index contributed by atoms with van der Waals surface area (Å²) >= 11 is 1.74. The largest absolute Gasteiger partial charge is 0.466 e. The number of ether oxygens (including phenoxy) is 1. The molecule has 0 fully saturated rings. The van der Waals surface area contributed by atoms with Crippen LogP contribution in [0.15, 0.2) is 35.5 Å². The molecule has 160 valence electrons. The number of nitro benzene ring substituents is 1. The second-order valence-corrected chi connectivity index (χ2v) is 8.65. The van der Waals surface area contributed by atoms with Gasteiger partial charge in [0.1, 0.15) is 0 Å². The number of hydrogen-bond acceptors (Lipinski definition) is 6. The van der Waals surface area contributed by atoms with E-state index in [0.717, 1.165) is 53.9 Å². The zero-order valence-electron chi connectivity index (χ0n) is 17.9. The number of benzene rings is 1. The van der Waals surface area contributed by atoms with Crippen molar-refractivity contribution in [2.75, 3.05) is 12.4 Å². The zero-order chi connectivity index (χ0) is 21.8. The molecule has 0 amide bonds. The summed E-state index contributed by atoms with van der Waals surface area (Å²) < 4.78 is 5.11. The van der Waals surface area contributed by atoms with Crippen LogP contribution in [0.2, 0.25) is 0 Å². The first kappa shape index (κ1) is 22.0. The van der Waals surface area contributed by atoms with E-state index in [1.165, 1.54) is 23.6 Å². The molecular formula is C23H28N2O4S. The van der Waals surface area contributed by atoms with Crippen LogP contribution in [-0.4, -0.2) is 18.0 Å². The predicted octanol–water partition coefficient (Wildman–Crippen LogP) is 5.96. The van der Waals surface area contributed by atoms with Gasteiger partial charge < -0.3 is 10.1 Å².